The molecule has 21 heavy (non-hydrogen) atoms. The highest BCUT2D eigenvalue weighted by Gasteiger charge is 2.40. The van der Waals surface area contributed by atoms with Gasteiger partial charge in [-0.3, -0.25) is 14.3 Å². The van der Waals surface area contributed by atoms with Crippen LogP contribution in [0.15, 0.2) is 34.5 Å². The third kappa shape index (κ3) is 2.52. The first-order valence-corrected chi connectivity index (χ1v) is 6.55. The number of nitrogens with one attached hydrogen (secondary N) is 1. The fraction of sp³-hybridized carbons (Fsp3) is 0.500. The van der Waals surface area contributed by atoms with Crippen LogP contribution in [0, 0.1) is 0 Å². The molecule has 3 heterocycles. The van der Waals surface area contributed by atoms with Crippen LogP contribution in [0.4, 0.5) is 0 Å². The van der Waals surface area contributed by atoms with Crippen LogP contribution in [0.2, 0.25) is 0 Å². The van der Waals surface area contributed by atoms with Crippen molar-refractivity contribution in [2.75, 3.05) is 0 Å². The zero-order valence-corrected chi connectivity index (χ0v) is 11.3. The molecule has 1 saturated heterocycles. The van der Waals surface area contributed by atoms with Gasteiger partial charge in [0.05, 0.1) is 12.1 Å². The van der Waals surface area contributed by atoms with E-state index in [9.17, 15) is 14.7 Å². The quantitative estimate of drug-likeness (QED) is 0.753. The lowest BCUT2D eigenvalue weighted by molar-refractivity contribution is -0.0633. The summed E-state index contributed by atoms with van der Waals surface area (Å²) in [5.41, 5.74) is -1.01. The van der Waals surface area contributed by atoms with Gasteiger partial charge in [0.25, 0.3) is 5.56 Å². The molecular weight excluding hydrogens is 278 g/mol. The van der Waals surface area contributed by atoms with Crippen LogP contribution in [-0.4, -0.2) is 41.6 Å². The maximum absolute atomic E-state index is 11.8. The number of aromatic nitrogens is 5. The van der Waals surface area contributed by atoms with Crippen molar-refractivity contribution in [3.8, 4) is 0 Å². The fourth-order valence-corrected chi connectivity index (χ4v) is 2.58. The van der Waals surface area contributed by atoms with E-state index in [-0.39, 0.29) is 6.04 Å². The fourth-order valence-electron chi connectivity index (χ4n) is 2.58. The summed E-state index contributed by atoms with van der Waals surface area (Å²) >= 11 is 0. The van der Waals surface area contributed by atoms with E-state index < -0.39 is 29.7 Å². The molecule has 3 rings (SSSR count). The molecule has 0 aromatic carbocycles. The van der Waals surface area contributed by atoms with E-state index >= 15 is 0 Å². The van der Waals surface area contributed by atoms with E-state index in [0.717, 1.165) is 0 Å². The van der Waals surface area contributed by atoms with Gasteiger partial charge in [0.15, 0.2) is 0 Å². The Bertz CT molecular complexity index is 720. The first-order valence-electron chi connectivity index (χ1n) is 6.55. The maximum atomic E-state index is 11.8. The third-order valence-electron chi connectivity index (χ3n) is 3.55. The Kier molecular flexibility index (Phi) is 3.43. The first-order chi connectivity index (χ1) is 10.1. The van der Waals surface area contributed by atoms with Crippen molar-refractivity contribution in [3.63, 3.8) is 0 Å². The van der Waals surface area contributed by atoms with E-state index in [1.165, 1.54) is 23.2 Å². The molecule has 112 valence electrons. The van der Waals surface area contributed by atoms with Gasteiger partial charge in [-0.2, -0.15) is 5.10 Å². The van der Waals surface area contributed by atoms with Gasteiger partial charge < -0.3 is 9.84 Å². The minimum absolute atomic E-state index is 0.240. The van der Waals surface area contributed by atoms with Crippen LogP contribution in [0.3, 0.4) is 0 Å². The van der Waals surface area contributed by atoms with Gasteiger partial charge in [0.1, 0.15) is 25.0 Å². The van der Waals surface area contributed by atoms with Gasteiger partial charge in [-0.05, 0) is 6.92 Å². The van der Waals surface area contributed by atoms with E-state index in [2.05, 4.69) is 15.1 Å². The van der Waals surface area contributed by atoms with E-state index in [1.807, 2.05) is 0 Å². The Hall–Kier alpha value is -2.26. The number of nitrogens with zero attached hydrogens (tertiary/aromatic N) is 4. The zero-order chi connectivity index (χ0) is 15.0. The van der Waals surface area contributed by atoms with Gasteiger partial charge >= 0.3 is 5.69 Å². The Balaban J connectivity index is 1.93. The van der Waals surface area contributed by atoms with Crippen LogP contribution < -0.4 is 11.2 Å². The Labute approximate surface area is 118 Å². The minimum Gasteiger partial charge on any atom is -0.391 e. The molecule has 2 N–H and O–H groups in total. The molecule has 1 aliphatic rings. The maximum Gasteiger partial charge on any atom is 0.330 e. The van der Waals surface area contributed by atoms with Crippen LogP contribution in [-0.2, 0) is 4.74 Å². The molecule has 1 unspecified atom stereocenters. The molecule has 2 aromatic heterocycles. The smallest absolute Gasteiger partial charge is 0.330 e. The topological polar surface area (TPSA) is 115 Å². The number of aliphatic hydroxyl groups excluding tert-OH is 1. The van der Waals surface area contributed by atoms with Gasteiger partial charge in [-0.1, -0.05) is 0 Å². The number of rotatable bonds is 3. The van der Waals surface area contributed by atoms with Crippen molar-refractivity contribution >= 4 is 0 Å². The molecule has 0 saturated carbocycles. The average molecular weight is 293 g/mol. The summed E-state index contributed by atoms with van der Waals surface area (Å²) in [6.07, 6.45) is 2.93. The Morgan fingerprint density at radius 2 is 2.33 bits per heavy atom. The summed E-state index contributed by atoms with van der Waals surface area (Å²) < 4.78 is 8.67. The molecule has 0 amide bonds. The Morgan fingerprint density at radius 1 is 1.52 bits per heavy atom. The van der Waals surface area contributed by atoms with Crippen molar-refractivity contribution in [2.45, 2.75) is 37.8 Å². The summed E-state index contributed by atoms with van der Waals surface area (Å²) in [4.78, 5) is 29.0. The highest BCUT2D eigenvalue weighted by Crippen LogP contribution is 2.36. The second kappa shape index (κ2) is 5.26. The highest BCUT2D eigenvalue weighted by atomic mass is 16.5. The lowest BCUT2D eigenvalue weighted by Gasteiger charge is -2.20. The summed E-state index contributed by atoms with van der Waals surface area (Å²) in [5, 5.41) is 13.9. The first kappa shape index (κ1) is 13.7. The van der Waals surface area contributed by atoms with Crippen LogP contribution in [0.5, 0.6) is 0 Å². The molecule has 1 fully saturated rings. The van der Waals surface area contributed by atoms with E-state index in [1.54, 1.807) is 17.9 Å². The average Bonchev–Trinajstić information content (AvgIpc) is 3.07. The molecule has 0 radical (unpaired) electrons. The van der Waals surface area contributed by atoms with Crippen LogP contribution in [0.1, 0.15) is 25.6 Å². The van der Waals surface area contributed by atoms with Gasteiger partial charge in [0, 0.05) is 18.7 Å². The number of hydrogen-bond donors (Lipinski definition) is 2. The predicted octanol–water partition coefficient (Wildman–Crippen LogP) is -0.962. The van der Waals surface area contributed by atoms with E-state index in [0.29, 0.717) is 6.42 Å². The van der Waals surface area contributed by atoms with Crippen molar-refractivity contribution in [1.82, 2.24) is 24.3 Å². The van der Waals surface area contributed by atoms with E-state index in [4.69, 9.17) is 4.74 Å². The van der Waals surface area contributed by atoms with Crippen molar-refractivity contribution in [1.29, 1.82) is 0 Å². The lowest BCUT2D eigenvalue weighted by atomic mass is 10.1. The third-order valence-corrected chi connectivity index (χ3v) is 3.55. The second-order valence-electron chi connectivity index (χ2n) is 4.99. The SMILES string of the molecule is C[C@H](O)[C@@H]1OC(n2ccc(=O)[nH]c2=O)C[C@@H]1n1cncn1. The molecule has 9 nitrogen and oxygen atoms in total. The van der Waals surface area contributed by atoms with Crippen LogP contribution in [0.25, 0.3) is 0 Å². The van der Waals surface area contributed by atoms with Crippen molar-refractivity contribution < 1.29 is 9.84 Å². The predicted molar refractivity (Wildman–Crippen MR) is 70.6 cm³/mol. The second-order valence-corrected chi connectivity index (χ2v) is 4.99. The zero-order valence-electron chi connectivity index (χ0n) is 11.3. The summed E-state index contributed by atoms with van der Waals surface area (Å²) in [7, 11) is 0. The molecule has 2 aromatic rings. The molecular formula is C12H15N5O4. The van der Waals surface area contributed by atoms with Crippen LogP contribution >= 0.6 is 0 Å². The number of H-pyrrole nitrogens is 1. The molecule has 0 bridgehead atoms. The summed E-state index contributed by atoms with van der Waals surface area (Å²) in [6, 6.07) is 1.02. The molecule has 0 spiro atoms. The molecule has 0 aliphatic carbocycles. The van der Waals surface area contributed by atoms with Crippen molar-refractivity contribution in [2.24, 2.45) is 0 Å². The van der Waals surface area contributed by atoms with Gasteiger partial charge in [0.2, 0.25) is 0 Å². The summed E-state index contributed by atoms with van der Waals surface area (Å²) in [6.45, 7) is 1.62. The number of ether oxygens (including phenoxy) is 1. The monoisotopic (exact) mass is 293 g/mol. The standard InChI is InChI=1S/C12H15N5O4/c1-7(18)11-8(17-6-13-5-14-17)4-10(21-11)16-3-2-9(19)15-12(16)20/h2-3,5-8,10-11,18H,4H2,1H3,(H,15,19,20)/t7-,8-,10?,11-/m0/s1. The van der Waals surface area contributed by atoms with Crippen molar-refractivity contribution in [3.05, 3.63) is 45.8 Å². The molecule has 4 atom stereocenters. The largest absolute Gasteiger partial charge is 0.391 e. The minimum atomic E-state index is -0.734. The number of aliphatic hydroxyl groups is 1. The van der Waals surface area contributed by atoms with Gasteiger partial charge in [-0.25, -0.2) is 14.5 Å². The summed E-state index contributed by atoms with van der Waals surface area (Å²) in [5.74, 6) is 0. The Morgan fingerprint density at radius 3 is 2.95 bits per heavy atom. The van der Waals surface area contributed by atoms with Gasteiger partial charge in [-0.15, -0.1) is 0 Å². The lowest BCUT2D eigenvalue weighted by Crippen LogP contribution is -2.33. The highest BCUT2D eigenvalue weighted by molar-refractivity contribution is 4.91. The number of aromatic amines is 1. The number of hydrogen-bond acceptors (Lipinski definition) is 6. The molecule has 1 aliphatic heterocycles. The molecule has 9 heteroatoms. The normalized spacial score (nSPS) is 26.9.